The van der Waals surface area contributed by atoms with Gasteiger partial charge in [0.25, 0.3) is 0 Å². The molecule has 2 aromatic heterocycles. The van der Waals surface area contributed by atoms with Gasteiger partial charge in [-0.05, 0) is 123 Å². The van der Waals surface area contributed by atoms with Gasteiger partial charge in [0.05, 0.1) is 5.39 Å². The fourth-order valence-corrected chi connectivity index (χ4v) is 7.99. The van der Waals surface area contributed by atoms with Crippen molar-refractivity contribution in [2.24, 2.45) is 0 Å². The molecule has 11 rings (SSSR count). The number of fused-ring (bicyclic) bond motifs is 6. The van der Waals surface area contributed by atoms with Crippen molar-refractivity contribution < 1.29 is 8.83 Å². The lowest BCUT2D eigenvalue weighted by molar-refractivity contribution is 0.619. The zero-order chi connectivity index (χ0) is 37.7. The number of benzene rings is 9. The second-order valence-electron chi connectivity index (χ2n) is 14.4. The second kappa shape index (κ2) is 13.6. The van der Waals surface area contributed by atoms with Crippen molar-refractivity contribution in [1.82, 2.24) is 4.98 Å². The van der Waals surface area contributed by atoms with Crippen LogP contribution in [0.4, 0.5) is 17.1 Å². The molecule has 11 aromatic rings. The normalized spacial score (nSPS) is 11.5. The molecule has 57 heavy (non-hydrogen) atoms. The highest BCUT2D eigenvalue weighted by Crippen LogP contribution is 2.40. The van der Waals surface area contributed by atoms with Gasteiger partial charge in [-0.25, -0.2) is 4.98 Å². The monoisotopic (exact) mass is 730 g/mol. The van der Waals surface area contributed by atoms with E-state index in [2.05, 4.69) is 169 Å². The lowest BCUT2D eigenvalue weighted by atomic mass is 10.0. The van der Waals surface area contributed by atoms with Gasteiger partial charge < -0.3 is 13.7 Å². The minimum Gasteiger partial charge on any atom is -0.456 e. The minimum absolute atomic E-state index is 0.603. The molecule has 2 heterocycles. The summed E-state index contributed by atoms with van der Waals surface area (Å²) < 4.78 is 12.6. The highest BCUT2D eigenvalue weighted by molar-refractivity contribution is 6.17. The van der Waals surface area contributed by atoms with Gasteiger partial charge in [0.1, 0.15) is 16.7 Å². The Labute approximate surface area is 329 Å². The van der Waals surface area contributed by atoms with Crippen LogP contribution in [0.25, 0.3) is 88.6 Å². The Morgan fingerprint density at radius 1 is 0.333 bits per heavy atom. The molecule has 0 saturated carbocycles. The minimum atomic E-state index is 0.603. The first-order chi connectivity index (χ1) is 28.2. The Kier molecular flexibility index (Phi) is 7.78. The van der Waals surface area contributed by atoms with Gasteiger partial charge >= 0.3 is 0 Å². The van der Waals surface area contributed by atoms with Crippen LogP contribution in [-0.4, -0.2) is 4.98 Å². The molecule has 0 aliphatic carbocycles. The average Bonchev–Trinajstić information content (AvgIpc) is 3.89. The van der Waals surface area contributed by atoms with Gasteiger partial charge in [-0.3, -0.25) is 0 Å². The maximum absolute atomic E-state index is 6.43. The van der Waals surface area contributed by atoms with Crippen LogP contribution in [0, 0.1) is 0 Å². The first-order valence-corrected chi connectivity index (χ1v) is 19.2. The molecule has 0 N–H and O–H groups in total. The van der Waals surface area contributed by atoms with E-state index < -0.39 is 0 Å². The summed E-state index contributed by atoms with van der Waals surface area (Å²) in [7, 11) is 0. The lowest BCUT2D eigenvalue weighted by Gasteiger charge is -2.26. The average molecular weight is 731 g/mol. The molecule has 0 fully saturated rings. The second-order valence-corrected chi connectivity index (χ2v) is 14.4. The Morgan fingerprint density at radius 3 is 1.47 bits per heavy atom. The fourth-order valence-electron chi connectivity index (χ4n) is 7.99. The largest absolute Gasteiger partial charge is 0.456 e. The van der Waals surface area contributed by atoms with Gasteiger partial charge in [-0.15, -0.1) is 0 Å². The SMILES string of the molecule is c1ccc(-c2ccc(N(c3ccc(-c4ccc5ccccc5c4)cc3)c3ccc(-c4ccc5c(c4)oc4ccc6oc(-c7ccccc7)nc6c45)cc3)cc2)cc1. The molecule has 0 spiro atoms. The van der Waals surface area contributed by atoms with E-state index in [0.29, 0.717) is 5.89 Å². The van der Waals surface area contributed by atoms with Crippen LogP contribution in [0.3, 0.4) is 0 Å². The number of oxazole rings is 1. The Balaban J connectivity index is 0.945. The maximum atomic E-state index is 6.43. The molecule has 268 valence electrons. The zero-order valence-electron chi connectivity index (χ0n) is 30.8. The number of aromatic nitrogens is 1. The molecular formula is C53H34N2O2. The molecule has 0 amide bonds. The van der Waals surface area contributed by atoms with E-state index in [1.54, 1.807) is 0 Å². The topological polar surface area (TPSA) is 42.4 Å². The Morgan fingerprint density at radius 2 is 0.825 bits per heavy atom. The third-order valence-corrected chi connectivity index (χ3v) is 10.9. The van der Waals surface area contributed by atoms with Crippen molar-refractivity contribution in [2.45, 2.75) is 0 Å². The molecular weight excluding hydrogens is 697 g/mol. The predicted octanol–water partition coefficient (Wildman–Crippen LogP) is 15.0. The van der Waals surface area contributed by atoms with Crippen LogP contribution < -0.4 is 4.90 Å². The molecule has 0 radical (unpaired) electrons. The van der Waals surface area contributed by atoms with Crippen LogP contribution >= 0.6 is 0 Å². The number of rotatable bonds is 7. The number of hydrogen-bond acceptors (Lipinski definition) is 4. The maximum Gasteiger partial charge on any atom is 0.227 e. The van der Waals surface area contributed by atoms with E-state index in [1.165, 1.54) is 33.0 Å². The molecule has 0 unspecified atom stereocenters. The van der Waals surface area contributed by atoms with Crippen LogP contribution in [0.15, 0.2) is 215 Å². The number of anilines is 3. The van der Waals surface area contributed by atoms with Gasteiger partial charge in [-0.1, -0.05) is 127 Å². The molecule has 4 heteroatoms. The summed E-state index contributed by atoms with van der Waals surface area (Å²) in [6.45, 7) is 0. The van der Waals surface area contributed by atoms with Crippen LogP contribution in [-0.2, 0) is 0 Å². The van der Waals surface area contributed by atoms with Crippen molar-refractivity contribution in [3.63, 3.8) is 0 Å². The molecule has 9 aromatic carbocycles. The highest BCUT2D eigenvalue weighted by atomic mass is 16.4. The molecule has 0 aliphatic rings. The zero-order valence-corrected chi connectivity index (χ0v) is 30.8. The van der Waals surface area contributed by atoms with Gasteiger partial charge in [-0.2, -0.15) is 0 Å². The molecule has 0 saturated heterocycles. The van der Waals surface area contributed by atoms with Crippen molar-refractivity contribution in [3.05, 3.63) is 206 Å². The van der Waals surface area contributed by atoms with Crippen LogP contribution in [0.2, 0.25) is 0 Å². The molecule has 0 aliphatic heterocycles. The first kappa shape index (κ1) is 32.7. The first-order valence-electron chi connectivity index (χ1n) is 19.2. The van der Waals surface area contributed by atoms with Gasteiger partial charge in [0, 0.05) is 28.0 Å². The fraction of sp³-hybridized carbons (Fsp3) is 0. The summed E-state index contributed by atoms with van der Waals surface area (Å²) in [5, 5.41) is 4.47. The van der Waals surface area contributed by atoms with Crippen LogP contribution in [0.1, 0.15) is 0 Å². The van der Waals surface area contributed by atoms with Crippen molar-refractivity contribution in [1.29, 1.82) is 0 Å². The quantitative estimate of drug-likeness (QED) is 0.164. The number of hydrogen-bond donors (Lipinski definition) is 0. The summed E-state index contributed by atoms with van der Waals surface area (Å²) in [4.78, 5) is 7.23. The Hall–Kier alpha value is -7.69. The molecule has 4 nitrogen and oxygen atoms in total. The summed E-state index contributed by atoms with van der Waals surface area (Å²) in [6.07, 6.45) is 0. The third kappa shape index (κ3) is 5.92. The summed E-state index contributed by atoms with van der Waals surface area (Å²) in [5.41, 5.74) is 14.3. The van der Waals surface area contributed by atoms with E-state index >= 15 is 0 Å². The van der Waals surface area contributed by atoms with Crippen molar-refractivity contribution in [2.75, 3.05) is 4.90 Å². The molecule has 0 atom stereocenters. The van der Waals surface area contributed by atoms with Gasteiger partial charge in [0.2, 0.25) is 5.89 Å². The van der Waals surface area contributed by atoms with Crippen LogP contribution in [0.5, 0.6) is 0 Å². The lowest BCUT2D eigenvalue weighted by Crippen LogP contribution is -2.09. The highest BCUT2D eigenvalue weighted by Gasteiger charge is 2.18. The molecule has 0 bridgehead atoms. The smallest absolute Gasteiger partial charge is 0.227 e. The summed E-state index contributed by atoms with van der Waals surface area (Å²) >= 11 is 0. The van der Waals surface area contributed by atoms with E-state index in [-0.39, 0.29) is 0 Å². The standard InChI is InChI=1S/C53H34N2O2/c1-3-9-35(10-4-1)37-17-24-44(25-18-37)55(45-26-19-38(20-27-45)42-16-15-36-11-7-8-14-41(36)33-42)46-28-21-39(22-29-46)43-23-30-47-50(34-43)56-48-31-32-49-52(51(47)48)54-53(57-49)40-12-5-2-6-13-40/h1-34H. The summed E-state index contributed by atoms with van der Waals surface area (Å²) in [6, 6.07) is 72.5. The number of furan rings is 1. The van der Waals surface area contributed by atoms with Gasteiger partial charge in [0.15, 0.2) is 5.58 Å². The van der Waals surface area contributed by atoms with Crippen molar-refractivity contribution in [3.8, 4) is 44.8 Å². The summed E-state index contributed by atoms with van der Waals surface area (Å²) in [5.74, 6) is 0.603. The van der Waals surface area contributed by atoms with E-state index in [0.717, 1.165) is 66.8 Å². The van der Waals surface area contributed by atoms with E-state index in [1.807, 2.05) is 42.5 Å². The van der Waals surface area contributed by atoms with Crippen molar-refractivity contribution >= 4 is 60.9 Å². The van der Waals surface area contributed by atoms with E-state index in [9.17, 15) is 0 Å². The number of nitrogens with zero attached hydrogens (tertiary/aromatic N) is 2. The Bertz CT molecular complexity index is 3200. The van der Waals surface area contributed by atoms with E-state index in [4.69, 9.17) is 13.8 Å². The predicted molar refractivity (Wildman–Crippen MR) is 235 cm³/mol. The third-order valence-electron chi connectivity index (χ3n) is 10.9.